The summed E-state index contributed by atoms with van der Waals surface area (Å²) in [7, 11) is 0. The Bertz CT molecular complexity index is 363. The molecule has 0 aliphatic rings. The molecule has 0 aliphatic heterocycles. The first-order valence-electron chi connectivity index (χ1n) is 5.50. The van der Waals surface area contributed by atoms with Crippen molar-refractivity contribution >= 4 is 5.91 Å². The van der Waals surface area contributed by atoms with Crippen LogP contribution in [0, 0.1) is 0 Å². The van der Waals surface area contributed by atoms with E-state index in [0.717, 1.165) is 4.90 Å². The molecule has 0 radical (unpaired) electrons. The van der Waals surface area contributed by atoms with Gasteiger partial charge in [0.15, 0.2) is 0 Å². The fraction of sp³-hybridized carbons (Fsp3) is 0.545. The van der Waals surface area contributed by atoms with Gasteiger partial charge in [-0.05, 0) is 18.7 Å². The summed E-state index contributed by atoms with van der Waals surface area (Å²) in [5, 5.41) is 2.70. The molecule has 1 rings (SSSR count). The highest BCUT2D eigenvalue weighted by molar-refractivity contribution is 5.78. The average Bonchev–Trinajstić information content (AvgIpc) is 2.75. The van der Waals surface area contributed by atoms with Crippen LogP contribution in [-0.4, -0.2) is 36.6 Å². The zero-order valence-electron chi connectivity index (χ0n) is 9.96. The summed E-state index contributed by atoms with van der Waals surface area (Å²) in [6.45, 7) is 0.711. The third-order valence-electron chi connectivity index (χ3n) is 2.18. The number of furan rings is 1. The Balaban J connectivity index is 2.65. The molecule has 18 heavy (non-hydrogen) atoms. The van der Waals surface area contributed by atoms with Crippen molar-refractivity contribution in [2.24, 2.45) is 0 Å². The van der Waals surface area contributed by atoms with Gasteiger partial charge in [0.05, 0.1) is 19.4 Å². The first-order valence-corrected chi connectivity index (χ1v) is 5.50. The molecule has 0 aliphatic carbocycles. The number of alkyl halides is 3. The van der Waals surface area contributed by atoms with Crippen LogP contribution in [0.15, 0.2) is 22.8 Å². The Labute approximate surface area is 103 Å². The molecule has 7 heteroatoms. The van der Waals surface area contributed by atoms with Crippen molar-refractivity contribution in [3.05, 3.63) is 24.2 Å². The summed E-state index contributed by atoms with van der Waals surface area (Å²) >= 11 is 0. The lowest BCUT2D eigenvalue weighted by molar-refractivity contribution is -0.162. The number of nitrogens with one attached hydrogen (secondary N) is 1. The van der Waals surface area contributed by atoms with Gasteiger partial charge in [-0.3, -0.25) is 4.79 Å². The van der Waals surface area contributed by atoms with Gasteiger partial charge in [-0.25, -0.2) is 0 Å². The molecule has 102 valence electrons. The third kappa shape index (κ3) is 5.22. The Kier molecular flexibility index (Phi) is 5.21. The van der Waals surface area contributed by atoms with Gasteiger partial charge in [0.25, 0.3) is 0 Å². The first kappa shape index (κ1) is 14.6. The van der Waals surface area contributed by atoms with Crippen LogP contribution in [0.2, 0.25) is 0 Å². The van der Waals surface area contributed by atoms with Crippen molar-refractivity contribution in [2.75, 3.05) is 19.6 Å². The summed E-state index contributed by atoms with van der Waals surface area (Å²) in [5.74, 6) is -0.283. The average molecular weight is 264 g/mol. The predicted octanol–water partition coefficient (Wildman–Crippen LogP) is 1.78. The SMILES string of the molecule is CCNCC(=O)N(Cc1ccco1)CC(F)(F)F. The van der Waals surface area contributed by atoms with E-state index in [1.54, 1.807) is 13.0 Å². The normalized spacial score (nSPS) is 11.6. The standard InChI is InChI=1S/C11H15F3N2O2/c1-2-15-6-10(17)16(8-11(12,13)14)7-9-4-3-5-18-9/h3-5,15H,2,6-8H2,1H3. The van der Waals surface area contributed by atoms with E-state index in [1.807, 2.05) is 0 Å². The van der Waals surface area contributed by atoms with Crippen LogP contribution in [-0.2, 0) is 11.3 Å². The summed E-state index contributed by atoms with van der Waals surface area (Å²) in [6.07, 6.45) is -3.07. The molecule has 0 spiro atoms. The zero-order valence-corrected chi connectivity index (χ0v) is 9.96. The Morgan fingerprint density at radius 1 is 1.50 bits per heavy atom. The van der Waals surface area contributed by atoms with Crippen LogP contribution in [0.5, 0.6) is 0 Å². The van der Waals surface area contributed by atoms with E-state index >= 15 is 0 Å². The van der Waals surface area contributed by atoms with Crippen molar-refractivity contribution in [3.63, 3.8) is 0 Å². The van der Waals surface area contributed by atoms with Crippen LogP contribution < -0.4 is 5.32 Å². The molecule has 4 nitrogen and oxygen atoms in total. The summed E-state index contributed by atoms with van der Waals surface area (Å²) in [5.41, 5.74) is 0. The number of carbonyl (C=O) groups excluding carboxylic acids is 1. The van der Waals surface area contributed by atoms with E-state index in [4.69, 9.17) is 4.42 Å². The molecule has 0 bridgehead atoms. The molecule has 1 aromatic rings. The Hall–Kier alpha value is -1.50. The van der Waals surface area contributed by atoms with E-state index in [-0.39, 0.29) is 13.1 Å². The number of likely N-dealkylation sites (N-methyl/N-ethyl adjacent to an activating group) is 1. The fourth-order valence-corrected chi connectivity index (χ4v) is 1.38. The molecule has 1 N–H and O–H groups in total. The maximum atomic E-state index is 12.4. The monoisotopic (exact) mass is 264 g/mol. The van der Waals surface area contributed by atoms with Gasteiger partial charge in [-0.2, -0.15) is 13.2 Å². The molecule has 0 atom stereocenters. The van der Waals surface area contributed by atoms with Crippen LogP contribution in [0.1, 0.15) is 12.7 Å². The van der Waals surface area contributed by atoms with Crippen LogP contribution in [0.25, 0.3) is 0 Å². The number of nitrogens with zero attached hydrogens (tertiary/aromatic N) is 1. The second-order valence-electron chi connectivity index (χ2n) is 3.72. The zero-order chi connectivity index (χ0) is 13.6. The molecule has 0 saturated heterocycles. The first-order chi connectivity index (χ1) is 8.42. The number of carbonyl (C=O) groups is 1. The van der Waals surface area contributed by atoms with E-state index in [2.05, 4.69) is 5.32 Å². The van der Waals surface area contributed by atoms with Crippen molar-refractivity contribution in [3.8, 4) is 0 Å². The minimum Gasteiger partial charge on any atom is -0.467 e. The number of amides is 1. The maximum absolute atomic E-state index is 12.4. The molecule has 1 aromatic heterocycles. The second-order valence-corrected chi connectivity index (χ2v) is 3.72. The van der Waals surface area contributed by atoms with Crippen LogP contribution in [0.3, 0.4) is 0 Å². The largest absolute Gasteiger partial charge is 0.467 e. The number of hydrogen-bond donors (Lipinski definition) is 1. The lowest BCUT2D eigenvalue weighted by atomic mass is 10.3. The molecule has 0 saturated carbocycles. The lowest BCUT2D eigenvalue weighted by Crippen LogP contribution is -2.42. The topological polar surface area (TPSA) is 45.5 Å². The Morgan fingerprint density at radius 3 is 2.72 bits per heavy atom. The molecule has 1 amide bonds. The highest BCUT2D eigenvalue weighted by Gasteiger charge is 2.33. The van der Waals surface area contributed by atoms with Crippen LogP contribution >= 0.6 is 0 Å². The summed E-state index contributed by atoms with van der Waals surface area (Å²) in [6, 6.07) is 3.10. The smallest absolute Gasteiger partial charge is 0.406 e. The molecular weight excluding hydrogens is 249 g/mol. The van der Waals surface area contributed by atoms with E-state index in [0.29, 0.717) is 12.3 Å². The van der Waals surface area contributed by atoms with Gasteiger partial charge in [-0.15, -0.1) is 0 Å². The molecule has 0 aromatic carbocycles. The number of halogens is 3. The molecular formula is C11H15F3N2O2. The van der Waals surface area contributed by atoms with Gasteiger partial charge in [0.2, 0.25) is 5.91 Å². The van der Waals surface area contributed by atoms with Crippen molar-refractivity contribution < 1.29 is 22.4 Å². The lowest BCUT2D eigenvalue weighted by Gasteiger charge is -2.23. The van der Waals surface area contributed by atoms with Gasteiger partial charge in [0, 0.05) is 0 Å². The van der Waals surface area contributed by atoms with E-state index in [1.165, 1.54) is 12.3 Å². The highest BCUT2D eigenvalue weighted by Crippen LogP contribution is 2.18. The molecule has 0 fully saturated rings. The number of hydrogen-bond acceptors (Lipinski definition) is 3. The predicted molar refractivity (Wildman–Crippen MR) is 58.7 cm³/mol. The molecule has 0 unspecified atom stereocenters. The van der Waals surface area contributed by atoms with Gasteiger partial charge < -0.3 is 14.6 Å². The molecule has 1 heterocycles. The minimum atomic E-state index is -4.42. The second kappa shape index (κ2) is 6.44. The number of rotatable bonds is 6. The van der Waals surface area contributed by atoms with Gasteiger partial charge in [0.1, 0.15) is 12.3 Å². The minimum absolute atomic E-state index is 0.118. The van der Waals surface area contributed by atoms with Crippen LogP contribution in [0.4, 0.5) is 13.2 Å². The summed E-state index contributed by atoms with van der Waals surface area (Å²) in [4.78, 5) is 12.4. The van der Waals surface area contributed by atoms with Crippen molar-refractivity contribution in [1.29, 1.82) is 0 Å². The Morgan fingerprint density at radius 2 is 2.22 bits per heavy atom. The van der Waals surface area contributed by atoms with E-state index in [9.17, 15) is 18.0 Å². The van der Waals surface area contributed by atoms with Crippen molar-refractivity contribution in [1.82, 2.24) is 10.2 Å². The maximum Gasteiger partial charge on any atom is 0.406 e. The van der Waals surface area contributed by atoms with E-state index < -0.39 is 18.6 Å². The quantitative estimate of drug-likeness (QED) is 0.852. The van der Waals surface area contributed by atoms with Gasteiger partial charge >= 0.3 is 6.18 Å². The third-order valence-corrected chi connectivity index (χ3v) is 2.18. The fourth-order valence-electron chi connectivity index (χ4n) is 1.38. The highest BCUT2D eigenvalue weighted by atomic mass is 19.4. The van der Waals surface area contributed by atoms with Gasteiger partial charge in [-0.1, -0.05) is 6.92 Å². The summed E-state index contributed by atoms with van der Waals surface area (Å²) < 4.78 is 42.1. The van der Waals surface area contributed by atoms with Crippen molar-refractivity contribution in [2.45, 2.75) is 19.6 Å².